The summed E-state index contributed by atoms with van der Waals surface area (Å²) in [5.74, 6) is 1.91. The van der Waals surface area contributed by atoms with Crippen LogP contribution in [-0.4, -0.2) is 40.4 Å². The fourth-order valence-corrected chi connectivity index (χ4v) is 2.16. The smallest absolute Gasteiger partial charge is 0.179 e. The van der Waals surface area contributed by atoms with Crippen molar-refractivity contribution in [2.75, 3.05) is 20.2 Å². The van der Waals surface area contributed by atoms with Crippen LogP contribution >= 0.6 is 0 Å². The molecule has 1 aliphatic heterocycles. The van der Waals surface area contributed by atoms with Gasteiger partial charge in [0.1, 0.15) is 11.4 Å². The second-order valence-electron chi connectivity index (χ2n) is 4.30. The highest BCUT2D eigenvalue weighted by atomic mass is 16.5. The van der Waals surface area contributed by atoms with Crippen LogP contribution in [0.3, 0.4) is 0 Å². The van der Waals surface area contributed by atoms with Crippen LogP contribution in [0.2, 0.25) is 0 Å². The summed E-state index contributed by atoms with van der Waals surface area (Å²) >= 11 is 0. The SMILES string of the molecule is COc1ccccc1-n1nnc(C2CCNC2)n1. The molecule has 94 valence electrons. The molecule has 18 heavy (non-hydrogen) atoms. The third-order valence-electron chi connectivity index (χ3n) is 3.16. The van der Waals surface area contributed by atoms with Gasteiger partial charge in [0.25, 0.3) is 0 Å². The van der Waals surface area contributed by atoms with Crippen molar-refractivity contribution in [3.8, 4) is 11.4 Å². The lowest BCUT2D eigenvalue weighted by Gasteiger charge is -2.05. The quantitative estimate of drug-likeness (QED) is 0.864. The van der Waals surface area contributed by atoms with Crippen LogP contribution in [0.1, 0.15) is 18.2 Å². The van der Waals surface area contributed by atoms with Crippen LogP contribution in [0.25, 0.3) is 5.69 Å². The molecule has 0 amide bonds. The molecule has 2 aromatic rings. The van der Waals surface area contributed by atoms with E-state index in [0.29, 0.717) is 5.92 Å². The van der Waals surface area contributed by atoms with E-state index >= 15 is 0 Å². The number of hydrogen-bond acceptors (Lipinski definition) is 5. The first-order chi connectivity index (χ1) is 8.88. The maximum atomic E-state index is 5.29. The third kappa shape index (κ3) is 1.95. The molecule has 1 aromatic heterocycles. The number of nitrogens with zero attached hydrogens (tertiary/aromatic N) is 4. The number of methoxy groups -OCH3 is 1. The standard InChI is InChI=1S/C12H15N5O/c1-18-11-5-3-2-4-10(11)17-15-12(14-16-17)9-6-7-13-8-9/h2-5,9,13H,6-8H2,1H3. The number of hydrogen-bond donors (Lipinski definition) is 1. The first-order valence-corrected chi connectivity index (χ1v) is 6.02. The van der Waals surface area contributed by atoms with E-state index in [0.717, 1.165) is 36.8 Å². The van der Waals surface area contributed by atoms with Crippen LogP contribution in [0.15, 0.2) is 24.3 Å². The second kappa shape index (κ2) is 4.73. The summed E-state index contributed by atoms with van der Waals surface area (Å²) in [4.78, 5) is 1.53. The Morgan fingerprint density at radius 1 is 1.39 bits per heavy atom. The van der Waals surface area contributed by atoms with Crippen molar-refractivity contribution in [2.45, 2.75) is 12.3 Å². The minimum Gasteiger partial charge on any atom is -0.494 e. The van der Waals surface area contributed by atoms with Gasteiger partial charge in [-0.15, -0.1) is 15.0 Å². The Kier molecular flexibility index (Phi) is 2.93. The van der Waals surface area contributed by atoms with Crippen molar-refractivity contribution in [1.82, 2.24) is 25.5 Å². The molecule has 1 saturated heterocycles. The molecule has 3 rings (SSSR count). The first kappa shape index (κ1) is 11.2. The van der Waals surface area contributed by atoms with E-state index in [4.69, 9.17) is 4.74 Å². The summed E-state index contributed by atoms with van der Waals surface area (Å²) < 4.78 is 5.29. The van der Waals surface area contributed by atoms with Gasteiger partial charge in [0, 0.05) is 12.5 Å². The molecule has 1 aliphatic rings. The van der Waals surface area contributed by atoms with Gasteiger partial charge < -0.3 is 10.1 Å². The summed E-state index contributed by atoms with van der Waals surface area (Å²) in [6.07, 6.45) is 1.07. The summed E-state index contributed by atoms with van der Waals surface area (Å²) in [5.41, 5.74) is 0.810. The molecule has 1 N–H and O–H groups in total. The highest BCUT2D eigenvalue weighted by molar-refractivity contribution is 5.44. The van der Waals surface area contributed by atoms with Crippen molar-refractivity contribution in [3.05, 3.63) is 30.1 Å². The third-order valence-corrected chi connectivity index (χ3v) is 3.16. The maximum Gasteiger partial charge on any atom is 0.179 e. The van der Waals surface area contributed by atoms with Crippen LogP contribution < -0.4 is 10.1 Å². The highest BCUT2D eigenvalue weighted by Crippen LogP contribution is 2.22. The Bertz CT molecular complexity index is 533. The van der Waals surface area contributed by atoms with Gasteiger partial charge >= 0.3 is 0 Å². The van der Waals surface area contributed by atoms with Crippen LogP contribution in [-0.2, 0) is 0 Å². The predicted molar refractivity (Wildman–Crippen MR) is 65.9 cm³/mol. The van der Waals surface area contributed by atoms with E-state index in [1.165, 1.54) is 4.80 Å². The lowest BCUT2D eigenvalue weighted by Crippen LogP contribution is -2.09. The number of nitrogens with one attached hydrogen (secondary N) is 1. The molecule has 0 aliphatic carbocycles. The Balaban J connectivity index is 1.92. The summed E-state index contributed by atoms with van der Waals surface area (Å²) in [6.45, 7) is 1.95. The van der Waals surface area contributed by atoms with Crippen molar-refractivity contribution in [3.63, 3.8) is 0 Å². The fourth-order valence-electron chi connectivity index (χ4n) is 2.16. The molecule has 0 radical (unpaired) electrons. The summed E-state index contributed by atoms with van der Waals surface area (Å²) in [5, 5.41) is 16.0. The maximum absolute atomic E-state index is 5.29. The largest absolute Gasteiger partial charge is 0.494 e. The van der Waals surface area contributed by atoms with Crippen molar-refractivity contribution < 1.29 is 4.74 Å². The normalized spacial score (nSPS) is 19.1. The van der Waals surface area contributed by atoms with Crippen LogP contribution in [0.4, 0.5) is 0 Å². The van der Waals surface area contributed by atoms with Gasteiger partial charge in [-0.1, -0.05) is 12.1 Å². The summed E-state index contributed by atoms with van der Waals surface area (Å²) in [7, 11) is 1.64. The molecule has 0 bridgehead atoms. The number of para-hydroxylation sites is 2. The molecule has 1 atom stereocenters. The van der Waals surface area contributed by atoms with Gasteiger partial charge in [-0.05, 0) is 30.3 Å². The Hall–Kier alpha value is -1.95. The second-order valence-corrected chi connectivity index (χ2v) is 4.30. The molecule has 2 heterocycles. The Morgan fingerprint density at radius 2 is 2.28 bits per heavy atom. The average molecular weight is 245 g/mol. The summed E-state index contributed by atoms with van der Waals surface area (Å²) in [6, 6.07) is 7.64. The lowest BCUT2D eigenvalue weighted by molar-refractivity contribution is 0.409. The Labute approximate surface area is 105 Å². The van der Waals surface area contributed by atoms with Gasteiger partial charge in [-0.25, -0.2) is 0 Å². The molecule has 1 aromatic carbocycles. The molecule has 0 saturated carbocycles. The molecule has 0 spiro atoms. The molecule has 6 heteroatoms. The Morgan fingerprint density at radius 3 is 3.06 bits per heavy atom. The van der Waals surface area contributed by atoms with Crippen LogP contribution in [0.5, 0.6) is 5.75 Å². The predicted octanol–water partition coefficient (Wildman–Crippen LogP) is 0.748. The van der Waals surface area contributed by atoms with Gasteiger partial charge in [-0.2, -0.15) is 0 Å². The van der Waals surface area contributed by atoms with E-state index in [1.54, 1.807) is 7.11 Å². The van der Waals surface area contributed by atoms with E-state index < -0.39 is 0 Å². The van der Waals surface area contributed by atoms with Crippen molar-refractivity contribution >= 4 is 0 Å². The zero-order valence-electron chi connectivity index (χ0n) is 10.2. The molecular weight excluding hydrogens is 230 g/mol. The number of benzene rings is 1. The number of ether oxygens (including phenoxy) is 1. The topological polar surface area (TPSA) is 64.9 Å². The van der Waals surface area contributed by atoms with E-state index in [1.807, 2.05) is 24.3 Å². The van der Waals surface area contributed by atoms with E-state index in [2.05, 4.69) is 20.7 Å². The first-order valence-electron chi connectivity index (χ1n) is 6.02. The fraction of sp³-hybridized carbons (Fsp3) is 0.417. The lowest BCUT2D eigenvalue weighted by atomic mass is 10.1. The molecular formula is C12H15N5O. The zero-order valence-corrected chi connectivity index (χ0v) is 10.2. The van der Waals surface area contributed by atoms with Crippen LogP contribution in [0, 0.1) is 0 Å². The average Bonchev–Trinajstić information content (AvgIpc) is 3.09. The minimum atomic E-state index is 0.369. The monoisotopic (exact) mass is 245 g/mol. The van der Waals surface area contributed by atoms with Crippen molar-refractivity contribution in [2.24, 2.45) is 0 Å². The van der Waals surface area contributed by atoms with Gasteiger partial charge in [0.15, 0.2) is 5.82 Å². The van der Waals surface area contributed by atoms with Crippen molar-refractivity contribution in [1.29, 1.82) is 0 Å². The molecule has 6 nitrogen and oxygen atoms in total. The highest BCUT2D eigenvalue weighted by Gasteiger charge is 2.21. The zero-order chi connectivity index (χ0) is 12.4. The van der Waals surface area contributed by atoms with E-state index in [9.17, 15) is 0 Å². The van der Waals surface area contributed by atoms with E-state index in [-0.39, 0.29) is 0 Å². The van der Waals surface area contributed by atoms with Gasteiger partial charge in [-0.3, -0.25) is 0 Å². The number of tetrazole rings is 1. The number of rotatable bonds is 3. The minimum absolute atomic E-state index is 0.369. The van der Waals surface area contributed by atoms with Gasteiger partial charge in [0.2, 0.25) is 0 Å². The molecule has 1 fully saturated rings. The molecule has 1 unspecified atom stereocenters. The number of aromatic nitrogens is 4. The van der Waals surface area contributed by atoms with Gasteiger partial charge in [0.05, 0.1) is 7.11 Å².